The van der Waals surface area contributed by atoms with Gasteiger partial charge in [-0.05, 0) is 71.7 Å². The molecule has 1 saturated carbocycles. The summed E-state index contributed by atoms with van der Waals surface area (Å²) in [5.41, 5.74) is 8.45. The van der Waals surface area contributed by atoms with Gasteiger partial charge in [-0.3, -0.25) is 0 Å². The standard InChI is InChI=1S/C37H33FNO/c1-24-11-20-30-31-21-22-32(38)35(37(31)40-36(30)34(24)33-10-6-7-23-39(33)2)29-18-16-28(17-19-29)27-14-12-26(13-15-27)25-8-4-3-5-9-25/h6-7,10-23,25H,3-5,8-9H2,1-2H3/q+1/i23D,25D. The lowest BCUT2D eigenvalue weighted by molar-refractivity contribution is -0.660. The average Bonchev–Trinajstić information content (AvgIpc) is 3.38. The molecule has 0 aliphatic heterocycles. The molecule has 198 valence electrons. The monoisotopic (exact) mass is 528 g/mol. The van der Waals surface area contributed by atoms with E-state index in [1.54, 1.807) is 12.1 Å². The summed E-state index contributed by atoms with van der Waals surface area (Å²) >= 11 is 0. The van der Waals surface area contributed by atoms with Gasteiger partial charge in [0.2, 0.25) is 5.69 Å². The summed E-state index contributed by atoms with van der Waals surface area (Å²) in [7, 11) is 1.87. The second-order valence-electron chi connectivity index (χ2n) is 11.0. The summed E-state index contributed by atoms with van der Waals surface area (Å²) in [5, 5.41) is 1.78. The molecule has 3 heteroatoms. The molecule has 0 saturated heterocycles. The number of pyridine rings is 1. The number of aryl methyl sites for hydroxylation is 1. The highest BCUT2D eigenvalue weighted by atomic mass is 19.1. The van der Waals surface area contributed by atoms with E-state index in [-0.39, 0.29) is 5.82 Å². The van der Waals surface area contributed by atoms with E-state index < -0.39 is 5.89 Å². The normalized spacial score (nSPS) is 15.8. The first kappa shape index (κ1) is 22.6. The molecule has 2 nitrogen and oxygen atoms in total. The molecule has 0 amide bonds. The Morgan fingerprint density at radius 2 is 1.38 bits per heavy atom. The molecule has 1 fully saturated rings. The second-order valence-corrected chi connectivity index (χ2v) is 11.0. The highest BCUT2D eigenvalue weighted by molar-refractivity contribution is 6.13. The predicted molar refractivity (Wildman–Crippen MR) is 162 cm³/mol. The molecule has 1 aliphatic rings. The van der Waals surface area contributed by atoms with Gasteiger partial charge in [0.1, 0.15) is 25.4 Å². The first-order chi connectivity index (χ1) is 20.3. The van der Waals surface area contributed by atoms with Gasteiger partial charge < -0.3 is 4.42 Å². The Hall–Kier alpha value is -4.24. The Balaban J connectivity index is 1.30. The quantitative estimate of drug-likeness (QED) is 0.208. The van der Waals surface area contributed by atoms with Gasteiger partial charge in [-0.2, -0.15) is 0 Å². The second kappa shape index (κ2) is 10.1. The van der Waals surface area contributed by atoms with Crippen LogP contribution < -0.4 is 4.57 Å². The van der Waals surface area contributed by atoms with Crippen LogP contribution in [0.1, 0.15) is 51.9 Å². The highest BCUT2D eigenvalue weighted by Crippen LogP contribution is 2.42. The Morgan fingerprint density at radius 1 is 0.750 bits per heavy atom. The van der Waals surface area contributed by atoms with Crippen LogP contribution in [-0.4, -0.2) is 0 Å². The average molecular weight is 529 g/mol. The molecule has 0 unspecified atom stereocenters. The Bertz CT molecular complexity index is 1950. The first-order valence-electron chi connectivity index (χ1n) is 15.2. The number of rotatable bonds is 4. The van der Waals surface area contributed by atoms with E-state index >= 15 is 4.39 Å². The zero-order chi connectivity index (χ0) is 29.0. The predicted octanol–water partition coefficient (Wildman–Crippen LogP) is 9.91. The lowest BCUT2D eigenvalue weighted by Crippen LogP contribution is -2.30. The summed E-state index contributed by atoms with van der Waals surface area (Å²) in [6.45, 7) is 2.03. The third-order valence-corrected chi connectivity index (χ3v) is 8.46. The summed E-state index contributed by atoms with van der Waals surface area (Å²) < 4.78 is 41.1. The van der Waals surface area contributed by atoms with Crippen molar-refractivity contribution in [1.82, 2.24) is 0 Å². The third kappa shape index (κ3) is 4.21. The molecular weight excluding hydrogens is 493 g/mol. The maximum absolute atomic E-state index is 15.5. The Labute approximate surface area is 237 Å². The summed E-state index contributed by atoms with van der Waals surface area (Å²) in [6.07, 6.45) is 5.73. The van der Waals surface area contributed by atoms with E-state index in [1.807, 2.05) is 61.0 Å². The fourth-order valence-electron chi connectivity index (χ4n) is 6.29. The zero-order valence-corrected chi connectivity index (χ0v) is 22.9. The first-order valence-corrected chi connectivity index (χ1v) is 14.2. The summed E-state index contributed by atoms with van der Waals surface area (Å²) in [5.74, 6) is -0.799. The number of furan rings is 1. The molecule has 2 heterocycles. The maximum Gasteiger partial charge on any atom is 0.216 e. The van der Waals surface area contributed by atoms with E-state index in [0.717, 1.165) is 75.5 Å². The van der Waals surface area contributed by atoms with Crippen LogP contribution in [-0.2, 0) is 7.05 Å². The maximum atomic E-state index is 15.5. The van der Waals surface area contributed by atoms with Gasteiger partial charge in [0.25, 0.3) is 0 Å². The molecule has 7 rings (SSSR count). The molecular formula is C37H33FNO+. The van der Waals surface area contributed by atoms with Crippen molar-refractivity contribution in [3.8, 4) is 33.5 Å². The molecule has 0 radical (unpaired) electrons. The minimum atomic E-state index is -0.469. The van der Waals surface area contributed by atoms with Gasteiger partial charge in [0.05, 0.1) is 11.1 Å². The highest BCUT2D eigenvalue weighted by Gasteiger charge is 2.23. The van der Waals surface area contributed by atoms with E-state index in [9.17, 15) is 0 Å². The van der Waals surface area contributed by atoms with Crippen molar-refractivity contribution in [3.05, 3.63) is 114 Å². The molecule has 0 bridgehead atoms. The van der Waals surface area contributed by atoms with Crippen molar-refractivity contribution < 1.29 is 16.1 Å². The van der Waals surface area contributed by atoms with Crippen LogP contribution in [0.4, 0.5) is 4.39 Å². The van der Waals surface area contributed by atoms with Gasteiger partial charge in [0, 0.05) is 24.3 Å². The van der Waals surface area contributed by atoms with Crippen LogP contribution in [0.15, 0.2) is 102 Å². The minimum absolute atomic E-state index is 0.330. The van der Waals surface area contributed by atoms with Gasteiger partial charge in [0.15, 0.2) is 6.17 Å². The van der Waals surface area contributed by atoms with Gasteiger partial charge in [-0.1, -0.05) is 79.9 Å². The van der Waals surface area contributed by atoms with Crippen LogP contribution >= 0.6 is 0 Å². The number of hydrogen-bond acceptors (Lipinski definition) is 1. The molecule has 4 aromatic carbocycles. The SMILES string of the molecule is [2H]c1cccc(-c2c(C)ccc3c2oc2c(-c4ccc(-c5ccc(C6([2H])CCCCC6)cc5)cc4)c(F)ccc23)[n+]1C. The largest absolute Gasteiger partial charge is 0.454 e. The zero-order valence-electron chi connectivity index (χ0n) is 24.9. The summed E-state index contributed by atoms with van der Waals surface area (Å²) in [6, 6.07) is 29.4. The van der Waals surface area contributed by atoms with Crippen LogP contribution in [0, 0.1) is 12.7 Å². The Morgan fingerprint density at radius 3 is 2.10 bits per heavy atom. The number of halogens is 1. The van der Waals surface area contributed by atoms with Crippen LogP contribution in [0.5, 0.6) is 0 Å². The number of benzene rings is 4. The smallest absolute Gasteiger partial charge is 0.216 e. The fraction of sp³-hybridized carbons (Fsp3) is 0.216. The molecule has 40 heavy (non-hydrogen) atoms. The van der Waals surface area contributed by atoms with Gasteiger partial charge in [-0.15, -0.1) is 0 Å². The van der Waals surface area contributed by atoms with Crippen molar-refractivity contribution >= 4 is 21.9 Å². The molecule has 6 aromatic rings. The number of nitrogens with zero attached hydrogens (tertiary/aromatic N) is 1. The van der Waals surface area contributed by atoms with E-state index in [0.29, 0.717) is 22.9 Å². The van der Waals surface area contributed by atoms with E-state index in [4.69, 9.17) is 7.16 Å². The fourth-order valence-corrected chi connectivity index (χ4v) is 6.29. The number of fused-ring (bicyclic) bond motifs is 3. The van der Waals surface area contributed by atoms with Crippen molar-refractivity contribution in [2.24, 2.45) is 7.05 Å². The molecule has 0 N–H and O–H groups in total. The molecule has 1 aliphatic carbocycles. The number of hydrogen-bond donors (Lipinski definition) is 0. The minimum Gasteiger partial charge on any atom is -0.454 e. The lowest BCUT2D eigenvalue weighted by atomic mass is 9.83. The molecule has 2 aromatic heterocycles. The third-order valence-electron chi connectivity index (χ3n) is 8.46. The van der Waals surface area contributed by atoms with E-state index in [2.05, 4.69) is 30.3 Å². The van der Waals surface area contributed by atoms with Crippen LogP contribution in [0.25, 0.3) is 55.4 Å². The molecule has 0 spiro atoms. The summed E-state index contributed by atoms with van der Waals surface area (Å²) in [4.78, 5) is 0. The van der Waals surface area contributed by atoms with Crippen LogP contribution in [0.3, 0.4) is 0 Å². The van der Waals surface area contributed by atoms with Crippen LogP contribution in [0.2, 0.25) is 0 Å². The van der Waals surface area contributed by atoms with E-state index in [1.165, 1.54) is 12.5 Å². The van der Waals surface area contributed by atoms with Gasteiger partial charge in [-0.25, -0.2) is 8.96 Å². The van der Waals surface area contributed by atoms with Crippen molar-refractivity contribution in [2.75, 3.05) is 0 Å². The molecule has 0 atom stereocenters. The van der Waals surface area contributed by atoms with Crippen molar-refractivity contribution in [1.29, 1.82) is 0 Å². The van der Waals surface area contributed by atoms with Gasteiger partial charge >= 0.3 is 0 Å². The number of aromatic nitrogens is 1. The van der Waals surface area contributed by atoms with Crippen molar-refractivity contribution in [2.45, 2.75) is 44.9 Å². The lowest BCUT2D eigenvalue weighted by Gasteiger charge is -2.22. The Kier molecular flexibility index (Phi) is 5.67. The van der Waals surface area contributed by atoms with Crippen molar-refractivity contribution in [3.63, 3.8) is 0 Å². The topological polar surface area (TPSA) is 17.0 Å².